The van der Waals surface area contributed by atoms with E-state index in [0.717, 1.165) is 9.87 Å². The van der Waals surface area contributed by atoms with E-state index in [2.05, 4.69) is 10.6 Å². The fourth-order valence-electron chi connectivity index (χ4n) is 3.35. The summed E-state index contributed by atoms with van der Waals surface area (Å²) >= 11 is 0. The third-order valence-electron chi connectivity index (χ3n) is 5.22. The largest absolute Gasteiger partial charge is 0.497 e. The standard InChI is InChI=1S/C25H27N3O5S/c1-17-5-6-18(2)23(15-17)34(31,32)28(21-11-13-22(33-4)14-12-21)16-24(29)27-20-9-7-19(8-10-20)25(30)26-3/h5-15H,16H2,1-4H3,(H,26,30)(H,27,29). The topological polar surface area (TPSA) is 105 Å². The van der Waals surface area contributed by atoms with E-state index >= 15 is 0 Å². The Bertz CT molecular complexity index is 1290. The number of amides is 2. The van der Waals surface area contributed by atoms with Crippen LogP contribution in [0.3, 0.4) is 0 Å². The number of nitrogens with zero attached hydrogens (tertiary/aromatic N) is 1. The Balaban J connectivity index is 1.93. The van der Waals surface area contributed by atoms with Crippen LogP contribution >= 0.6 is 0 Å². The summed E-state index contributed by atoms with van der Waals surface area (Å²) in [5.41, 5.74) is 2.58. The van der Waals surface area contributed by atoms with Crippen molar-refractivity contribution in [2.24, 2.45) is 0 Å². The van der Waals surface area contributed by atoms with Crippen molar-refractivity contribution < 1.29 is 22.7 Å². The number of hydrogen-bond acceptors (Lipinski definition) is 5. The van der Waals surface area contributed by atoms with E-state index in [0.29, 0.717) is 28.3 Å². The average Bonchev–Trinajstić information content (AvgIpc) is 2.84. The molecule has 0 unspecified atom stereocenters. The van der Waals surface area contributed by atoms with E-state index in [4.69, 9.17) is 4.74 Å². The Kier molecular flexibility index (Phi) is 7.57. The summed E-state index contributed by atoms with van der Waals surface area (Å²) in [5, 5.41) is 5.22. The highest BCUT2D eigenvalue weighted by atomic mass is 32.2. The third kappa shape index (κ3) is 5.55. The number of carbonyl (C=O) groups excluding carboxylic acids is 2. The molecular formula is C25H27N3O5S. The number of benzene rings is 3. The molecular weight excluding hydrogens is 454 g/mol. The van der Waals surface area contributed by atoms with Crippen molar-refractivity contribution in [2.45, 2.75) is 18.7 Å². The minimum atomic E-state index is -4.06. The van der Waals surface area contributed by atoms with E-state index in [1.165, 1.54) is 14.2 Å². The molecule has 9 heteroatoms. The van der Waals surface area contributed by atoms with Crippen molar-refractivity contribution in [3.05, 3.63) is 83.4 Å². The molecule has 2 amide bonds. The molecule has 0 spiro atoms. The molecule has 0 bridgehead atoms. The molecule has 178 valence electrons. The van der Waals surface area contributed by atoms with E-state index in [9.17, 15) is 18.0 Å². The summed E-state index contributed by atoms with van der Waals surface area (Å²) in [6.45, 7) is 3.08. The van der Waals surface area contributed by atoms with Crippen LogP contribution in [0.4, 0.5) is 11.4 Å². The first kappa shape index (κ1) is 24.8. The van der Waals surface area contributed by atoms with Gasteiger partial charge in [-0.15, -0.1) is 0 Å². The zero-order chi connectivity index (χ0) is 24.9. The van der Waals surface area contributed by atoms with E-state index in [-0.39, 0.29) is 10.8 Å². The van der Waals surface area contributed by atoms with Gasteiger partial charge in [0.15, 0.2) is 0 Å². The number of hydrogen-bond donors (Lipinski definition) is 2. The molecule has 3 aromatic rings. The van der Waals surface area contributed by atoms with Crippen molar-refractivity contribution in [1.82, 2.24) is 5.32 Å². The summed E-state index contributed by atoms with van der Waals surface area (Å²) in [6, 6.07) is 17.9. The van der Waals surface area contributed by atoms with E-state index in [1.54, 1.807) is 67.6 Å². The van der Waals surface area contributed by atoms with Crippen molar-refractivity contribution in [1.29, 1.82) is 0 Å². The van der Waals surface area contributed by atoms with Gasteiger partial charge in [0.1, 0.15) is 12.3 Å². The minimum absolute atomic E-state index is 0.131. The van der Waals surface area contributed by atoms with Gasteiger partial charge in [-0.2, -0.15) is 0 Å². The van der Waals surface area contributed by atoms with Crippen LogP contribution in [0.1, 0.15) is 21.5 Å². The highest BCUT2D eigenvalue weighted by Gasteiger charge is 2.29. The number of methoxy groups -OCH3 is 1. The van der Waals surface area contributed by atoms with Crippen LogP contribution in [0.25, 0.3) is 0 Å². The molecule has 0 heterocycles. The molecule has 34 heavy (non-hydrogen) atoms. The normalized spacial score (nSPS) is 10.9. The lowest BCUT2D eigenvalue weighted by Gasteiger charge is -2.25. The molecule has 0 fully saturated rings. The molecule has 0 atom stereocenters. The average molecular weight is 482 g/mol. The van der Waals surface area contributed by atoms with Crippen LogP contribution < -0.4 is 19.7 Å². The maximum absolute atomic E-state index is 13.7. The summed E-state index contributed by atoms with van der Waals surface area (Å²) in [4.78, 5) is 24.7. The second-order valence-electron chi connectivity index (χ2n) is 7.68. The monoisotopic (exact) mass is 481 g/mol. The molecule has 0 aromatic heterocycles. The highest BCUT2D eigenvalue weighted by molar-refractivity contribution is 7.93. The number of aryl methyl sites for hydroxylation is 2. The smallest absolute Gasteiger partial charge is 0.265 e. The van der Waals surface area contributed by atoms with Crippen molar-refractivity contribution in [3.8, 4) is 5.75 Å². The van der Waals surface area contributed by atoms with Crippen LogP contribution in [0, 0.1) is 13.8 Å². The molecule has 8 nitrogen and oxygen atoms in total. The maximum atomic E-state index is 13.7. The predicted octanol–water partition coefficient (Wildman–Crippen LogP) is 3.51. The van der Waals surface area contributed by atoms with Gasteiger partial charge >= 0.3 is 0 Å². The fourth-order valence-corrected chi connectivity index (χ4v) is 5.08. The lowest BCUT2D eigenvalue weighted by molar-refractivity contribution is -0.114. The quantitative estimate of drug-likeness (QED) is 0.512. The molecule has 0 radical (unpaired) electrons. The summed E-state index contributed by atoms with van der Waals surface area (Å²) in [7, 11) is -1.01. The first-order chi connectivity index (χ1) is 16.1. The van der Waals surface area contributed by atoms with Crippen LogP contribution in [-0.4, -0.2) is 40.9 Å². The SMILES string of the molecule is CNC(=O)c1ccc(NC(=O)CN(c2ccc(OC)cc2)S(=O)(=O)c2cc(C)ccc2C)cc1. The van der Waals surface area contributed by atoms with E-state index in [1.807, 2.05) is 13.0 Å². The van der Waals surface area contributed by atoms with Gasteiger partial charge in [-0.25, -0.2) is 8.42 Å². The van der Waals surface area contributed by atoms with Crippen molar-refractivity contribution >= 4 is 33.2 Å². The molecule has 0 aliphatic carbocycles. The first-order valence-corrected chi connectivity index (χ1v) is 12.0. The number of carbonyl (C=O) groups is 2. The number of ether oxygens (including phenoxy) is 1. The van der Waals surface area contributed by atoms with Gasteiger partial charge in [0, 0.05) is 18.3 Å². The molecule has 0 aliphatic heterocycles. The second-order valence-corrected chi connectivity index (χ2v) is 9.51. The Hall–Kier alpha value is -3.85. The first-order valence-electron chi connectivity index (χ1n) is 10.5. The van der Waals surface area contributed by atoms with Gasteiger partial charge in [-0.1, -0.05) is 12.1 Å². The number of sulfonamides is 1. The minimum Gasteiger partial charge on any atom is -0.497 e. The molecule has 3 aromatic carbocycles. The second kappa shape index (κ2) is 10.4. The Labute approximate surface area is 199 Å². The maximum Gasteiger partial charge on any atom is 0.265 e. The van der Waals surface area contributed by atoms with Gasteiger partial charge in [0.05, 0.1) is 17.7 Å². The summed E-state index contributed by atoms with van der Waals surface area (Å²) < 4.78 is 33.6. The number of rotatable bonds is 8. The fraction of sp³-hybridized carbons (Fsp3) is 0.200. The molecule has 0 aliphatic rings. The van der Waals surface area contributed by atoms with Crippen molar-refractivity contribution in [2.75, 3.05) is 30.3 Å². The Morgan fingerprint density at radius 1 is 0.941 bits per heavy atom. The lowest BCUT2D eigenvalue weighted by atomic mass is 10.2. The number of nitrogens with one attached hydrogen (secondary N) is 2. The van der Waals surface area contributed by atoms with Gasteiger partial charge in [-0.05, 0) is 79.6 Å². The van der Waals surface area contributed by atoms with Gasteiger partial charge in [-0.3, -0.25) is 13.9 Å². The molecule has 2 N–H and O–H groups in total. The van der Waals surface area contributed by atoms with Gasteiger partial charge in [0.25, 0.3) is 15.9 Å². The Morgan fingerprint density at radius 2 is 1.59 bits per heavy atom. The number of anilines is 2. The van der Waals surface area contributed by atoms with E-state index < -0.39 is 22.5 Å². The lowest BCUT2D eigenvalue weighted by Crippen LogP contribution is -2.38. The van der Waals surface area contributed by atoms with Crippen LogP contribution in [-0.2, 0) is 14.8 Å². The molecule has 0 saturated carbocycles. The van der Waals surface area contributed by atoms with Crippen LogP contribution in [0.5, 0.6) is 5.75 Å². The van der Waals surface area contributed by atoms with Crippen LogP contribution in [0.2, 0.25) is 0 Å². The zero-order valence-electron chi connectivity index (χ0n) is 19.5. The highest BCUT2D eigenvalue weighted by Crippen LogP contribution is 2.28. The third-order valence-corrected chi connectivity index (χ3v) is 7.13. The van der Waals surface area contributed by atoms with Gasteiger partial charge in [0.2, 0.25) is 5.91 Å². The predicted molar refractivity (Wildman–Crippen MR) is 132 cm³/mol. The van der Waals surface area contributed by atoms with Crippen molar-refractivity contribution in [3.63, 3.8) is 0 Å². The molecule has 3 rings (SSSR count). The van der Waals surface area contributed by atoms with Gasteiger partial charge < -0.3 is 15.4 Å². The Morgan fingerprint density at radius 3 is 2.18 bits per heavy atom. The van der Waals surface area contributed by atoms with Crippen LogP contribution in [0.15, 0.2) is 71.6 Å². The molecule has 0 saturated heterocycles. The summed E-state index contributed by atoms with van der Waals surface area (Å²) in [6.07, 6.45) is 0. The summed E-state index contributed by atoms with van der Waals surface area (Å²) in [5.74, 6) is -0.214. The zero-order valence-corrected chi connectivity index (χ0v) is 20.3.